The molecular weight excluding hydrogens is 186 g/mol. The van der Waals surface area contributed by atoms with Crippen LogP contribution in [0.1, 0.15) is 24.3 Å². The zero-order valence-electron chi connectivity index (χ0n) is 8.65. The van der Waals surface area contributed by atoms with Gasteiger partial charge in [-0.2, -0.15) is 0 Å². The quantitative estimate of drug-likeness (QED) is 0.695. The molecule has 1 fully saturated rings. The third-order valence-corrected chi connectivity index (χ3v) is 3.22. The molecule has 15 heavy (non-hydrogen) atoms. The molecule has 0 amide bonds. The first-order valence-electron chi connectivity index (χ1n) is 5.54. The molecule has 0 aliphatic carbocycles. The molecular formula is C13H14NO. The van der Waals surface area contributed by atoms with Crippen molar-refractivity contribution >= 4 is 11.0 Å². The lowest BCUT2D eigenvalue weighted by molar-refractivity contribution is 0.454. The third-order valence-electron chi connectivity index (χ3n) is 3.22. The molecule has 2 heteroatoms. The largest absolute Gasteiger partial charge is 0.464 e. The van der Waals surface area contributed by atoms with Gasteiger partial charge < -0.3 is 4.42 Å². The van der Waals surface area contributed by atoms with Crippen LogP contribution >= 0.6 is 0 Å². The van der Waals surface area contributed by atoms with E-state index in [1.54, 1.807) is 6.26 Å². The van der Waals surface area contributed by atoms with Crippen LogP contribution in [0.5, 0.6) is 0 Å². The van der Waals surface area contributed by atoms with Crippen molar-refractivity contribution in [3.05, 3.63) is 36.1 Å². The smallest absolute Gasteiger partial charge is 0.133 e. The average Bonchev–Trinajstić information content (AvgIpc) is 2.77. The van der Waals surface area contributed by atoms with Gasteiger partial charge in [0, 0.05) is 18.5 Å². The summed E-state index contributed by atoms with van der Waals surface area (Å²) in [6, 6.07) is 8.57. The van der Waals surface area contributed by atoms with Crippen molar-refractivity contribution in [1.82, 2.24) is 5.32 Å². The van der Waals surface area contributed by atoms with E-state index in [9.17, 15) is 0 Å². The van der Waals surface area contributed by atoms with Gasteiger partial charge >= 0.3 is 0 Å². The Bertz CT molecular complexity index is 454. The highest BCUT2D eigenvalue weighted by Crippen LogP contribution is 2.28. The molecule has 2 nitrogen and oxygen atoms in total. The van der Waals surface area contributed by atoms with Gasteiger partial charge in [0.1, 0.15) is 5.58 Å². The van der Waals surface area contributed by atoms with E-state index in [1.807, 2.05) is 6.07 Å². The van der Waals surface area contributed by atoms with Gasteiger partial charge in [0.15, 0.2) is 0 Å². The van der Waals surface area contributed by atoms with Crippen LogP contribution in [0.15, 0.2) is 34.9 Å². The van der Waals surface area contributed by atoms with Crippen molar-refractivity contribution in [2.45, 2.75) is 18.8 Å². The molecule has 1 radical (unpaired) electrons. The highest BCUT2D eigenvalue weighted by atomic mass is 16.3. The number of furan rings is 1. The zero-order chi connectivity index (χ0) is 10.1. The van der Waals surface area contributed by atoms with Crippen LogP contribution in [-0.2, 0) is 0 Å². The predicted molar refractivity (Wildman–Crippen MR) is 60.1 cm³/mol. The molecule has 1 saturated heterocycles. The van der Waals surface area contributed by atoms with Crippen LogP contribution in [-0.4, -0.2) is 13.1 Å². The van der Waals surface area contributed by atoms with Gasteiger partial charge in [-0.15, -0.1) is 0 Å². The van der Waals surface area contributed by atoms with Crippen LogP contribution in [0.3, 0.4) is 0 Å². The van der Waals surface area contributed by atoms with Gasteiger partial charge in [-0.05, 0) is 42.5 Å². The second kappa shape index (κ2) is 3.70. The summed E-state index contributed by atoms with van der Waals surface area (Å²) in [4.78, 5) is 0. The molecule has 1 aromatic heterocycles. The number of benzene rings is 1. The van der Waals surface area contributed by atoms with E-state index in [0.29, 0.717) is 5.92 Å². The highest BCUT2D eigenvalue weighted by Gasteiger charge is 2.16. The minimum absolute atomic E-state index is 0.696. The fourth-order valence-electron chi connectivity index (χ4n) is 2.32. The summed E-state index contributed by atoms with van der Waals surface area (Å²) in [5, 5.41) is 5.60. The molecule has 1 aliphatic rings. The Balaban J connectivity index is 1.95. The molecule has 77 valence electrons. The summed E-state index contributed by atoms with van der Waals surface area (Å²) in [6.07, 6.45) is 4.15. The van der Waals surface area contributed by atoms with Gasteiger partial charge in [-0.25, -0.2) is 5.32 Å². The van der Waals surface area contributed by atoms with E-state index < -0.39 is 0 Å². The average molecular weight is 200 g/mol. The lowest BCUT2D eigenvalue weighted by Gasteiger charge is -2.21. The van der Waals surface area contributed by atoms with Gasteiger partial charge in [-0.3, -0.25) is 0 Å². The number of hydrogen-bond donors (Lipinski definition) is 0. The maximum absolute atomic E-state index is 5.34. The van der Waals surface area contributed by atoms with Crippen LogP contribution in [0, 0.1) is 0 Å². The zero-order valence-corrected chi connectivity index (χ0v) is 8.65. The fraction of sp³-hybridized carbons (Fsp3) is 0.385. The Morgan fingerprint density at radius 3 is 2.87 bits per heavy atom. The van der Waals surface area contributed by atoms with Crippen LogP contribution in [0.4, 0.5) is 0 Å². The number of hydrogen-bond acceptors (Lipinski definition) is 1. The number of fused-ring (bicyclic) bond motifs is 1. The summed E-state index contributed by atoms with van der Waals surface area (Å²) in [6.45, 7) is 2.04. The van der Waals surface area contributed by atoms with E-state index in [-0.39, 0.29) is 0 Å². The van der Waals surface area contributed by atoms with E-state index >= 15 is 0 Å². The molecule has 0 N–H and O–H groups in total. The minimum Gasteiger partial charge on any atom is -0.464 e. The molecule has 3 rings (SSSR count). The molecule has 0 unspecified atom stereocenters. The monoisotopic (exact) mass is 200 g/mol. The second-order valence-corrected chi connectivity index (χ2v) is 4.16. The van der Waals surface area contributed by atoms with Crippen molar-refractivity contribution < 1.29 is 4.42 Å². The highest BCUT2D eigenvalue weighted by molar-refractivity contribution is 5.77. The summed E-state index contributed by atoms with van der Waals surface area (Å²) in [5.41, 5.74) is 2.43. The second-order valence-electron chi connectivity index (χ2n) is 4.16. The fourth-order valence-corrected chi connectivity index (χ4v) is 2.32. The first-order chi connectivity index (χ1) is 7.43. The molecule has 2 aromatic rings. The molecule has 0 saturated carbocycles. The van der Waals surface area contributed by atoms with Crippen LogP contribution < -0.4 is 5.32 Å². The molecule has 0 spiro atoms. The van der Waals surface area contributed by atoms with Gasteiger partial charge in [-0.1, -0.05) is 6.07 Å². The lowest BCUT2D eigenvalue weighted by Crippen LogP contribution is -2.20. The van der Waals surface area contributed by atoms with E-state index in [1.165, 1.54) is 23.8 Å². The normalized spacial score (nSPS) is 18.4. The maximum atomic E-state index is 5.34. The standard InChI is InChI=1S/C13H14NO/c1-2-13-12(5-8-15-13)9-11(1)10-3-6-14-7-4-10/h1-2,5,8-10H,3-4,6-7H2. The van der Waals surface area contributed by atoms with Gasteiger partial charge in [0.25, 0.3) is 0 Å². The van der Waals surface area contributed by atoms with Crippen molar-refractivity contribution in [1.29, 1.82) is 0 Å². The van der Waals surface area contributed by atoms with Crippen molar-refractivity contribution in [3.63, 3.8) is 0 Å². The summed E-state index contributed by atoms with van der Waals surface area (Å²) in [7, 11) is 0. The molecule has 0 atom stereocenters. The SMILES string of the molecule is c1cc2cc(C3CC[N]CC3)ccc2o1. The van der Waals surface area contributed by atoms with Crippen molar-refractivity contribution in [2.75, 3.05) is 13.1 Å². The van der Waals surface area contributed by atoms with E-state index in [4.69, 9.17) is 4.42 Å². The van der Waals surface area contributed by atoms with Crippen molar-refractivity contribution in [3.8, 4) is 0 Å². The summed E-state index contributed by atoms with van der Waals surface area (Å²) < 4.78 is 5.34. The topological polar surface area (TPSA) is 27.2 Å². The molecule has 2 heterocycles. The predicted octanol–water partition coefficient (Wildman–Crippen LogP) is 2.91. The van der Waals surface area contributed by atoms with Gasteiger partial charge in [0.05, 0.1) is 6.26 Å². The van der Waals surface area contributed by atoms with Crippen molar-refractivity contribution in [2.24, 2.45) is 0 Å². The first-order valence-corrected chi connectivity index (χ1v) is 5.54. The summed E-state index contributed by atoms with van der Waals surface area (Å²) >= 11 is 0. The Labute approximate surface area is 89.3 Å². The lowest BCUT2D eigenvalue weighted by atomic mass is 9.90. The first kappa shape index (κ1) is 8.98. The summed E-state index contributed by atoms with van der Waals surface area (Å²) in [5.74, 6) is 0.696. The molecule has 1 aromatic carbocycles. The van der Waals surface area contributed by atoms with Crippen LogP contribution in [0.2, 0.25) is 0 Å². The third kappa shape index (κ3) is 1.65. The Morgan fingerprint density at radius 2 is 2.00 bits per heavy atom. The number of nitrogens with zero attached hydrogens (tertiary/aromatic N) is 1. The Morgan fingerprint density at radius 1 is 1.13 bits per heavy atom. The van der Waals surface area contributed by atoms with Crippen LogP contribution in [0.25, 0.3) is 11.0 Å². The van der Waals surface area contributed by atoms with E-state index in [2.05, 4.69) is 23.5 Å². The number of piperidine rings is 1. The molecule has 1 aliphatic heterocycles. The Kier molecular flexibility index (Phi) is 2.22. The Hall–Kier alpha value is -1.28. The minimum atomic E-state index is 0.696. The number of rotatable bonds is 1. The van der Waals surface area contributed by atoms with E-state index in [0.717, 1.165) is 18.7 Å². The maximum Gasteiger partial charge on any atom is 0.133 e. The molecule has 0 bridgehead atoms. The van der Waals surface area contributed by atoms with Gasteiger partial charge in [0.2, 0.25) is 0 Å².